The standard InChI is InChI=1S/C13H22N4O2S/c1-15-5-7-16(8-6-15)4-2-3-14-10-12-9-13(17(18)19)20-11-12/h9,11,14H,2-8,10H2,1H3. The van der Waals surface area contributed by atoms with E-state index in [0.717, 1.165) is 51.3 Å². The zero-order valence-electron chi connectivity index (χ0n) is 11.9. The predicted molar refractivity (Wildman–Crippen MR) is 81.2 cm³/mol. The van der Waals surface area contributed by atoms with Crippen molar-refractivity contribution in [2.24, 2.45) is 0 Å². The average molecular weight is 298 g/mol. The van der Waals surface area contributed by atoms with Crippen LogP contribution >= 0.6 is 11.3 Å². The lowest BCUT2D eigenvalue weighted by Crippen LogP contribution is -2.45. The van der Waals surface area contributed by atoms with Gasteiger partial charge in [0, 0.05) is 44.2 Å². The van der Waals surface area contributed by atoms with Crippen molar-refractivity contribution < 1.29 is 4.92 Å². The van der Waals surface area contributed by atoms with Gasteiger partial charge in [-0.1, -0.05) is 11.3 Å². The fourth-order valence-electron chi connectivity index (χ4n) is 2.28. The highest BCUT2D eigenvalue weighted by Crippen LogP contribution is 2.22. The summed E-state index contributed by atoms with van der Waals surface area (Å²) in [5.74, 6) is 0. The maximum Gasteiger partial charge on any atom is 0.324 e. The highest BCUT2D eigenvalue weighted by atomic mass is 32.1. The van der Waals surface area contributed by atoms with Gasteiger partial charge in [-0.25, -0.2) is 0 Å². The smallest absolute Gasteiger partial charge is 0.313 e. The Morgan fingerprint density at radius 1 is 1.40 bits per heavy atom. The third-order valence-corrected chi connectivity index (χ3v) is 4.50. The van der Waals surface area contributed by atoms with Crippen molar-refractivity contribution >= 4 is 16.3 Å². The van der Waals surface area contributed by atoms with E-state index in [9.17, 15) is 10.1 Å². The molecule has 0 aliphatic carbocycles. The number of piperazine rings is 1. The molecule has 0 radical (unpaired) electrons. The first-order valence-corrected chi connectivity index (χ1v) is 7.86. The number of hydrogen-bond acceptors (Lipinski definition) is 6. The molecule has 0 spiro atoms. The minimum atomic E-state index is -0.332. The molecule has 0 aromatic carbocycles. The predicted octanol–water partition coefficient (Wildman–Crippen LogP) is 1.38. The largest absolute Gasteiger partial charge is 0.324 e. The molecule has 1 saturated heterocycles. The summed E-state index contributed by atoms with van der Waals surface area (Å²) in [6, 6.07) is 1.65. The Kier molecular flexibility index (Phi) is 5.90. The molecule has 1 fully saturated rings. The number of nitro groups is 1. The van der Waals surface area contributed by atoms with Crippen molar-refractivity contribution in [1.82, 2.24) is 15.1 Å². The lowest BCUT2D eigenvalue weighted by atomic mass is 10.3. The van der Waals surface area contributed by atoms with Gasteiger partial charge in [0.25, 0.3) is 0 Å². The first kappa shape index (κ1) is 15.4. The molecule has 2 heterocycles. The molecule has 6 nitrogen and oxygen atoms in total. The Morgan fingerprint density at radius 2 is 2.15 bits per heavy atom. The van der Waals surface area contributed by atoms with Crippen LogP contribution in [0.15, 0.2) is 11.4 Å². The lowest BCUT2D eigenvalue weighted by Gasteiger charge is -2.32. The van der Waals surface area contributed by atoms with Gasteiger partial charge in [0.1, 0.15) is 0 Å². The van der Waals surface area contributed by atoms with Gasteiger partial charge in [-0.2, -0.15) is 0 Å². The maximum atomic E-state index is 10.6. The second kappa shape index (κ2) is 7.68. The van der Waals surface area contributed by atoms with Crippen LogP contribution in [0, 0.1) is 10.1 Å². The Morgan fingerprint density at radius 3 is 2.80 bits per heavy atom. The van der Waals surface area contributed by atoms with Crippen LogP contribution in [0.4, 0.5) is 5.00 Å². The maximum absolute atomic E-state index is 10.6. The lowest BCUT2D eigenvalue weighted by molar-refractivity contribution is -0.380. The topological polar surface area (TPSA) is 61.6 Å². The molecule has 0 unspecified atom stereocenters. The molecule has 1 aliphatic rings. The third-order valence-electron chi connectivity index (χ3n) is 3.57. The van der Waals surface area contributed by atoms with E-state index in [2.05, 4.69) is 22.2 Å². The molecule has 0 atom stereocenters. The number of thiophene rings is 1. The summed E-state index contributed by atoms with van der Waals surface area (Å²) in [6.45, 7) is 7.44. The Bertz CT molecular complexity index is 430. The molecule has 20 heavy (non-hydrogen) atoms. The van der Waals surface area contributed by atoms with E-state index in [1.165, 1.54) is 11.3 Å². The Balaban J connectivity index is 1.56. The molecule has 1 N–H and O–H groups in total. The van der Waals surface area contributed by atoms with Crippen molar-refractivity contribution in [2.75, 3.05) is 46.3 Å². The SMILES string of the molecule is CN1CCN(CCCNCc2csc([N+](=O)[O-])c2)CC1. The van der Waals surface area contributed by atoms with Gasteiger partial charge >= 0.3 is 5.00 Å². The molecule has 1 aliphatic heterocycles. The van der Waals surface area contributed by atoms with Gasteiger partial charge in [-0.3, -0.25) is 10.1 Å². The monoisotopic (exact) mass is 298 g/mol. The Labute approximate surface area is 123 Å². The summed E-state index contributed by atoms with van der Waals surface area (Å²) in [6.07, 6.45) is 1.12. The minimum absolute atomic E-state index is 0.222. The average Bonchev–Trinajstić information content (AvgIpc) is 2.89. The summed E-state index contributed by atoms with van der Waals surface area (Å²) in [4.78, 5) is 15.1. The molecule has 0 amide bonds. The van der Waals surface area contributed by atoms with Crippen LogP contribution in [0.3, 0.4) is 0 Å². The third kappa shape index (κ3) is 4.82. The molecule has 7 heteroatoms. The minimum Gasteiger partial charge on any atom is -0.313 e. The number of rotatable bonds is 7. The van der Waals surface area contributed by atoms with Crippen LogP contribution < -0.4 is 5.32 Å². The number of nitrogens with one attached hydrogen (secondary N) is 1. The van der Waals surface area contributed by atoms with Gasteiger partial charge in [0.05, 0.1) is 4.92 Å². The van der Waals surface area contributed by atoms with Crippen molar-refractivity contribution in [2.45, 2.75) is 13.0 Å². The molecule has 2 rings (SSSR count). The molecule has 1 aromatic rings. The molecular weight excluding hydrogens is 276 g/mol. The van der Waals surface area contributed by atoms with Gasteiger partial charge in [-0.05, 0) is 32.1 Å². The van der Waals surface area contributed by atoms with Crippen LogP contribution in [0.1, 0.15) is 12.0 Å². The second-order valence-corrected chi connectivity index (χ2v) is 6.12. The summed E-state index contributed by atoms with van der Waals surface area (Å²) >= 11 is 1.19. The summed E-state index contributed by atoms with van der Waals surface area (Å²) in [7, 11) is 2.17. The van der Waals surface area contributed by atoms with Crippen LogP contribution in [0.5, 0.6) is 0 Å². The number of hydrogen-bond donors (Lipinski definition) is 1. The molecule has 1 aromatic heterocycles. The van der Waals surface area contributed by atoms with Crippen molar-refractivity contribution in [3.05, 3.63) is 27.1 Å². The summed E-state index contributed by atoms with van der Waals surface area (Å²) in [5.41, 5.74) is 1.00. The Hall–Kier alpha value is -1.02. The van der Waals surface area contributed by atoms with Crippen LogP contribution in [0.25, 0.3) is 0 Å². The van der Waals surface area contributed by atoms with Crippen LogP contribution in [-0.2, 0) is 6.54 Å². The van der Waals surface area contributed by atoms with E-state index in [0.29, 0.717) is 6.54 Å². The van der Waals surface area contributed by atoms with E-state index in [-0.39, 0.29) is 9.92 Å². The van der Waals surface area contributed by atoms with Gasteiger partial charge in [0.15, 0.2) is 0 Å². The van der Waals surface area contributed by atoms with Gasteiger partial charge < -0.3 is 15.1 Å². The zero-order chi connectivity index (χ0) is 14.4. The van der Waals surface area contributed by atoms with E-state index < -0.39 is 0 Å². The fraction of sp³-hybridized carbons (Fsp3) is 0.692. The summed E-state index contributed by atoms with van der Waals surface area (Å²) < 4.78 is 0. The first-order chi connectivity index (χ1) is 9.65. The fourth-order valence-corrected chi connectivity index (χ4v) is 3.01. The highest BCUT2D eigenvalue weighted by molar-refractivity contribution is 7.13. The molecule has 0 saturated carbocycles. The highest BCUT2D eigenvalue weighted by Gasteiger charge is 2.12. The normalized spacial score (nSPS) is 17.4. The zero-order valence-corrected chi connectivity index (χ0v) is 12.7. The quantitative estimate of drug-likeness (QED) is 0.468. The van der Waals surface area contributed by atoms with Gasteiger partial charge in [0.2, 0.25) is 0 Å². The second-order valence-electron chi connectivity index (χ2n) is 5.23. The van der Waals surface area contributed by atoms with E-state index >= 15 is 0 Å². The van der Waals surface area contributed by atoms with Crippen LogP contribution in [-0.4, -0.2) is 61.0 Å². The number of likely N-dealkylation sites (N-methyl/N-ethyl adjacent to an activating group) is 1. The van der Waals surface area contributed by atoms with Crippen molar-refractivity contribution in [3.8, 4) is 0 Å². The van der Waals surface area contributed by atoms with Crippen LogP contribution in [0.2, 0.25) is 0 Å². The molecular formula is C13H22N4O2S. The van der Waals surface area contributed by atoms with Gasteiger partial charge in [-0.15, -0.1) is 0 Å². The summed E-state index contributed by atoms with van der Waals surface area (Å²) in [5, 5.41) is 16.0. The van der Waals surface area contributed by atoms with E-state index in [4.69, 9.17) is 0 Å². The molecule has 0 bridgehead atoms. The first-order valence-electron chi connectivity index (χ1n) is 6.98. The van der Waals surface area contributed by atoms with Crippen molar-refractivity contribution in [1.29, 1.82) is 0 Å². The number of nitrogens with zero attached hydrogens (tertiary/aromatic N) is 3. The molecule has 112 valence electrons. The van der Waals surface area contributed by atoms with E-state index in [1.807, 2.05) is 5.38 Å². The van der Waals surface area contributed by atoms with Crippen molar-refractivity contribution in [3.63, 3.8) is 0 Å². The van der Waals surface area contributed by atoms with E-state index in [1.54, 1.807) is 6.07 Å².